The van der Waals surface area contributed by atoms with Gasteiger partial charge >= 0.3 is 0 Å². The zero-order chi connectivity index (χ0) is 15.7. The van der Waals surface area contributed by atoms with Crippen LogP contribution in [0, 0.1) is 0 Å². The standard InChI is InChI=1S/C15H14ClN5O/c1-9(2)21-8-11-12(16)17-15(18-13(11)20-21)19-14(22)10-6-4-3-5-7-10/h3-9H,1-2H3,(H,18,19,20,22). The van der Waals surface area contributed by atoms with E-state index in [4.69, 9.17) is 11.6 Å². The number of amides is 1. The van der Waals surface area contributed by atoms with Gasteiger partial charge in [0.2, 0.25) is 5.95 Å². The first kappa shape index (κ1) is 14.5. The molecular weight excluding hydrogens is 302 g/mol. The number of halogens is 1. The second-order valence-electron chi connectivity index (χ2n) is 5.10. The largest absolute Gasteiger partial charge is 0.290 e. The van der Waals surface area contributed by atoms with Crippen LogP contribution >= 0.6 is 11.6 Å². The van der Waals surface area contributed by atoms with Crippen molar-refractivity contribution >= 4 is 34.5 Å². The highest BCUT2D eigenvalue weighted by Gasteiger charge is 2.14. The molecule has 0 radical (unpaired) electrons. The van der Waals surface area contributed by atoms with Gasteiger partial charge in [0.15, 0.2) is 5.65 Å². The highest BCUT2D eigenvalue weighted by molar-refractivity contribution is 6.34. The maximum Gasteiger partial charge on any atom is 0.258 e. The minimum atomic E-state index is -0.292. The van der Waals surface area contributed by atoms with E-state index in [0.717, 1.165) is 0 Å². The lowest BCUT2D eigenvalue weighted by Crippen LogP contribution is -2.14. The van der Waals surface area contributed by atoms with Crippen molar-refractivity contribution < 1.29 is 4.79 Å². The molecule has 0 saturated carbocycles. The number of anilines is 1. The third-order valence-electron chi connectivity index (χ3n) is 3.14. The summed E-state index contributed by atoms with van der Waals surface area (Å²) in [5.74, 6) is -0.153. The van der Waals surface area contributed by atoms with Crippen molar-refractivity contribution in [2.45, 2.75) is 19.9 Å². The molecule has 0 aliphatic rings. The fraction of sp³-hybridized carbons (Fsp3) is 0.200. The van der Waals surface area contributed by atoms with E-state index >= 15 is 0 Å². The van der Waals surface area contributed by atoms with Gasteiger partial charge < -0.3 is 0 Å². The Bertz CT molecular complexity index is 829. The average Bonchev–Trinajstić information content (AvgIpc) is 2.93. The molecule has 0 unspecified atom stereocenters. The van der Waals surface area contributed by atoms with Crippen LogP contribution in [0.2, 0.25) is 5.15 Å². The van der Waals surface area contributed by atoms with E-state index in [2.05, 4.69) is 20.4 Å². The number of aromatic nitrogens is 4. The lowest BCUT2D eigenvalue weighted by atomic mass is 10.2. The highest BCUT2D eigenvalue weighted by atomic mass is 35.5. The molecule has 0 aliphatic carbocycles. The van der Waals surface area contributed by atoms with Crippen LogP contribution in [0.3, 0.4) is 0 Å². The zero-order valence-electron chi connectivity index (χ0n) is 12.1. The summed E-state index contributed by atoms with van der Waals surface area (Å²) in [6.45, 7) is 4.01. The monoisotopic (exact) mass is 315 g/mol. The summed E-state index contributed by atoms with van der Waals surface area (Å²) < 4.78 is 1.76. The van der Waals surface area contributed by atoms with E-state index in [1.807, 2.05) is 19.9 Å². The molecule has 0 aliphatic heterocycles. The number of nitrogens with zero attached hydrogens (tertiary/aromatic N) is 4. The Kier molecular flexibility index (Phi) is 3.77. The Morgan fingerprint density at radius 3 is 2.64 bits per heavy atom. The number of hydrogen-bond acceptors (Lipinski definition) is 4. The maximum absolute atomic E-state index is 12.1. The third kappa shape index (κ3) is 2.78. The van der Waals surface area contributed by atoms with Crippen molar-refractivity contribution in [1.82, 2.24) is 19.7 Å². The summed E-state index contributed by atoms with van der Waals surface area (Å²) in [5, 5.41) is 7.90. The summed E-state index contributed by atoms with van der Waals surface area (Å²) in [6.07, 6.45) is 1.80. The normalized spacial score (nSPS) is 11.1. The highest BCUT2D eigenvalue weighted by Crippen LogP contribution is 2.22. The van der Waals surface area contributed by atoms with E-state index in [1.165, 1.54) is 0 Å². The second-order valence-corrected chi connectivity index (χ2v) is 5.46. The molecule has 0 saturated heterocycles. The van der Waals surface area contributed by atoms with E-state index in [-0.39, 0.29) is 23.1 Å². The number of carbonyl (C=O) groups is 1. The van der Waals surface area contributed by atoms with Gasteiger partial charge in [0.1, 0.15) is 5.15 Å². The minimum absolute atomic E-state index is 0.139. The van der Waals surface area contributed by atoms with Crippen LogP contribution in [0.4, 0.5) is 5.95 Å². The van der Waals surface area contributed by atoms with Gasteiger partial charge in [0.25, 0.3) is 5.91 Å². The Hall–Kier alpha value is -2.47. The molecule has 7 heteroatoms. The second kappa shape index (κ2) is 5.73. The summed E-state index contributed by atoms with van der Waals surface area (Å²) in [7, 11) is 0. The van der Waals surface area contributed by atoms with Gasteiger partial charge in [-0.25, -0.2) is 0 Å². The zero-order valence-corrected chi connectivity index (χ0v) is 12.9. The Balaban J connectivity index is 1.93. The van der Waals surface area contributed by atoms with Gasteiger partial charge in [0, 0.05) is 17.8 Å². The van der Waals surface area contributed by atoms with Crippen LogP contribution in [0.5, 0.6) is 0 Å². The average molecular weight is 316 g/mol. The Labute approximate surface area is 132 Å². The van der Waals surface area contributed by atoms with Gasteiger partial charge in [-0.3, -0.25) is 14.8 Å². The molecule has 2 aromatic heterocycles. The summed E-state index contributed by atoms with van der Waals surface area (Å²) in [5.41, 5.74) is 0.979. The van der Waals surface area contributed by atoms with Crippen molar-refractivity contribution in [1.29, 1.82) is 0 Å². The summed E-state index contributed by atoms with van der Waals surface area (Å²) in [6, 6.07) is 9.03. The molecule has 6 nitrogen and oxygen atoms in total. The van der Waals surface area contributed by atoms with E-state index in [1.54, 1.807) is 35.1 Å². The lowest BCUT2D eigenvalue weighted by molar-refractivity contribution is 0.102. The molecule has 0 spiro atoms. The molecule has 1 N–H and O–H groups in total. The van der Waals surface area contributed by atoms with Gasteiger partial charge in [-0.15, -0.1) is 0 Å². The van der Waals surface area contributed by atoms with Crippen molar-refractivity contribution in [2.24, 2.45) is 0 Å². The Morgan fingerprint density at radius 2 is 1.95 bits per heavy atom. The number of hydrogen-bond donors (Lipinski definition) is 1. The van der Waals surface area contributed by atoms with Crippen molar-refractivity contribution in [3.05, 3.63) is 47.2 Å². The minimum Gasteiger partial charge on any atom is -0.290 e. The van der Waals surface area contributed by atoms with Gasteiger partial charge in [0.05, 0.1) is 5.39 Å². The molecule has 22 heavy (non-hydrogen) atoms. The van der Waals surface area contributed by atoms with Crippen LogP contribution in [-0.4, -0.2) is 25.7 Å². The number of rotatable bonds is 3. The topological polar surface area (TPSA) is 72.7 Å². The van der Waals surface area contributed by atoms with Gasteiger partial charge in [-0.1, -0.05) is 29.8 Å². The van der Waals surface area contributed by atoms with Crippen LogP contribution in [0.25, 0.3) is 11.0 Å². The predicted octanol–water partition coefficient (Wildman–Crippen LogP) is 3.31. The number of fused-ring (bicyclic) bond motifs is 1. The first-order valence-corrected chi connectivity index (χ1v) is 7.21. The fourth-order valence-electron chi connectivity index (χ4n) is 1.97. The van der Waals surface area contributed by atoms with Crippen molar-refractivity contribution in [3.8, 4) is 0 Å². The number of carbonyl (C=O) groups excluding carboxylic acids is 1. The molecule has 3 aromatic rings. The number of benzene rings is 1. The Morgan fingerprint density at radius 1 is 1.23 bits per heavy atom. The van der Waals surface area contributed by atoms with Crippen LogP contribution < -0.4 is 5.32 Å². The molecule has 0 atom stereocenters. The first-order chi connectivity index (χ1) is 10.5. The molecular formula is C15H14ClN5O. The third-order valence-corrected chi connectivity index (χ3v) is 3.43. The quantitative estimate of drug-likeness (QED) is 0.753. The van der Waals surface area contributed by atoms with Crippen LogP contribution in [-0.2, 0) is 0 Å². The molecule has 3 rings (SSSR count). The summed E-state index contributed by atoms with van der Waals surface area (Å²) in [4.78, 5) is 20.5. The van der Waals surface area contributed by atoms with E-state index in [9.17, 15) is 4.79 Å². The molecule has 0 bridgehead atoms. The van der Waals surface area contributed by atoms with E-state index in [0.29, 0.717) is 16.6 Å². The predicted molar refractivity (Wildman–Crippen MR) is 85.1 cm³/mol. The van der Waals surface area contributed by atoms with Crippen molar-refractivity contribution in [2.75, 3.05) is 5.32 Å². The molecule has 1 amide bonds. The lowest BCUT2D eigenvalue weighted by Gasteiger charge is -2.03. The van der Waals surface area contributed by atoms with Crippen LogP contribution in [0.1, 0.15) is 30.2 Å². The van der Waals surface area contributed by atoms with Gasteiger partial charge in [-0.2, -0.15) is 15.1 Å². The SMILES string of the molecule is CC(C)n1cc2c(Cl)nc(NC(=O)c3ccccc3)nc2n1. The van der Waals surface area contributed by atoms with Crippen molar-refractivity contribution in [3.63, 3.8) is 0 Å². The summed E-state index contributed by atoms with van der Waals surface area (Å²) >= 11 is 6.15. The molecule has 0 fully saturated rings. The first-order valence-electron chi connectivity index (χ1n) is 6.83. The van der Waals surface area contributed by atoms with E-state index < -0.39 is 0 Å². The maximum atomic E-state index is 12.1. The molecule has 2 heterocycles. The number of nitrogens with one attached hydrogen (secondary N) is 1. The van der Waals surface area contributed by atoms with Crippen LogP contribution in [0.15, 0.2) is 36.5 Å². The molecule has 1 aromatic carbocycles. The molecule has 112 valence electrons. The fourth-order valence-corrected chi connectivity index (χ4v) is 2.19. The smallest absolute Gasteiger partial charge is 0.258 e. The van der Waals surface area contributed by atoms with Gasteiger partial charge in [-0.05, 0) is 26.0 Å².